The van der Waals surface area contributed by atoms with Crippen LogP contribution in [0.2, 0.25) is 0 Å². The lowest BCUT2D eigenvalue weighted by Gasteiger charge is -2.24. The number of nitrogens with two attached hydrogens (primary N) is 1. The zero-order valence-corrected chi connectivity index (χ0v) is 10.1. The quantitative estimate of drug-likeness (QED) is 0.307. The second kappa shape index (κ2) is 6.62. The SMILES string of the molecule is CN(CCCC(C)(C)C(N)=NO)CC(F)F. The molecule has 0 amide bonds. The molecule has 0 rings (SSSR count). The molecule has 0 aliphatic rings. The Bertz CT molecular complexity index is 232. The third-order valence-electron chi connectivity index (χ3n) is 2.59. The van der Waals surface area contributed by atoms with E-state index in [1.54, 1.807) is 11.9 Å². The van der Waals surface area contributed by atoms with Gasteiger partial charge in [-0.15, -0.1) is 0 Å². The van der Waals surface area contributed by atoms with Crippen molar-refractivity contribution in [2.45, 2.75) is 33.1 Å². The molecule has 0 aromatic carbocycles. The summed E-state index contributed by atoms with van der Waals surface area (Å²) in [5.74, 6) is 0.170. The van der Waals surface area contributed by atoms with Gasteiger partial charge in [-0.2, -0.15) is 0 Å². The maximum atomic E-state index is 12.0. The van der Waals surface area contributed by atoms with Gasteiger partial charge in [0.25, 0.3) is 6.43 Å². The summed E-state index contributed by atoms with van der Waals surface area (Å²) in [7, 11) is 1.66. The summed E-state index contributed by atoms with van der Waals surface area (Å²) in [4.78, 5) is 1.58. The molecule has 6 heteroatoms. The topological polar surface area (TPSA) is 61.8 Å². The first kappa shape index (κ1) is 15.1. The van der Waals surface area contributed by atoms with Gasteiger partial charge in [-0.3, -0.25) is 0 Å². The van der Waals surface area contributed by atoms with Gasteiger partial charge in [-0.25, -0.2) is 8.78 Å². The van der Waals surface area contributed by atoms with E-state index in [4.69, 9.17) is 10.9 Å². The van der Waals surface area contributed by atoms with E-state index >= 15 is 0 Å². The van der Waals surface area contributed by atoms with E-state index < -0.39 is 11.8 Å². The van der Waals surface area contributed by atoms with Gasteiger partial charge in [-0.05, 0) is 26.4 Å². The maximum Gasteiger partial charge on any atom is 0.251 e. The van der Waals surface area contributed by atoms with Crippen LogP contribution in [0.4, 0.5) is 8.78 Å². The molecule has 0 heterocycles. The highest BCUT2D eigenvalue weighted by Crippen LogP contribution is 2.22. The van der Waals surface area contributed by atoms with E-state index in [1.807, 2.05) is 13.8 Å². The lowest BCUT2D eigenvalue weighted by atomic mass is 9.86. The normalized spacial score (nSPS) is 13.8. The lowest BCUT2D eigenvalue weighted by molar-refractivity contribution is 0.0988. The fraction of sp³-hybridized carbons (Fsp3) is 0.900. The number of nitrogens with zero attached hydrogens (tertiary/aromatic N) is 2. The van der Waals surface area contributed by atoms with Crippen LogP contribution in [0.15, 0.2) is 5.16 Å². The van der Waals surface area contributed by atoms with Gasteiger partial charge in [-0.1, -0.05) is 19.0 Å². The average Bonchev–Trinajstić information content (AvgIpc) is 2.14. The van der Waals surface area contributed by atoms with Crippen LogP contribution in [0, 0.1) is 5.41 Å². The Morgan fingerprint density at radius 1 is 1.50 bits per heavy atom. The maximum absolute atomic E-state index is 12.0. The highest BCUT2D eigenvalue weighted by molar-refractivity contribution is 5.85. The summed E-state index contributed by atoms with van der Waals surface area (Å²) in [6, 6.07) is 0. The molecule has 0 aliphatic heterocycles. The van der Waals surface area contributed by atoms with Gasteiger partial charge in [0.15, 0.2) is 0 Å². The number of oxime groups is 1. The van der Waals surface area contributed by atoms with Crippen molar-refractivity contribution in [3.8, 4) is 0 Å². The van der Waals surface area contributed by atoms with E-state index in [-0.39, 0.29) is 12.4 Å². The third-order valence-corrected chi connectivity index (χ3v) is 2.59. The summed E-state index contributed by atoms with van der Waals surface area (Å²) in [6.45, 7) is 4.07. The van der Waals surface area contributed by atoms with Crippen molar-refractivity contribution >= 4 is 5.84 Å². The molecular formula is C10H21F2N3O. The van der Waals surface area contributed by atoms with Crippen LogP contribution >= 0.6 is 0 Å². The van der Waals surface area contributed by atoms with Crippen LogP contribution in [0.1, 0.15) is 26.7 Å². The molecule has 0 saturated heterocycles. The molecule has 0 radical (unpaired) electrons. The molecule has 96 valence electrons. The Balaban J connectivity index is 3.89. The summed E-state index contributed by atoms with van der Waals surface area (Å²) in [6.07, 6.45) is -0.884. The van der Waals surface area contributed by atoms with Crippen molar-refractivity contribution < 1.29 is 14.0 Å². The van der Waals surface area contributed by atoms with Crippen LogP contribution in [-0.2, 0) is 0 Å². The molecule has 0 saturated carbocycles. The summed E-state index contributed by atoms with van der Waals surface area (Å²) >= 11 is 0. The first-order valence-electron chi connectivity index (χ1n) is 5.24. The van der Waals surface area contributed by atoms with Crippen molar-refractivity contribution in [2.24, 2.45) is 16.3 Å². The van der Waals surface area contributed by atoms with Crippen molar-refractivity contribution in [3.63, 3.8) is 0 Å². The molecule has 0 fully saturated rings. The predicted molar refractivity (Wildman–Crippen MR) is 59.9 cm³/mol. The third kappa shape index (κ3) is 5.85. The van der Waals surface area contributed by atoms with Gasteiger partial charge in [0, 0.05) is 5.41 Å². The largest absolute Gasteiger partial charge is 0.409 e. The van der Waals surface area contributed by atoms with E-state index in [9.17, 15) is 8.78 Å². The molecule has 0 bridgehead atoms. The molecule has 0 aromatic heterocycles. The second-order valence-electron chi connectivity index (χ2n) is 4.63. The van der Waals surface area contributed by atoms with E-state index in [2.05, 4.69) is 5.16 Å². The summed E-state index contributed by atoms with van der Waals surface area (Å²) in [5, 5.41) is 11.5. The standard InChI is InChI=1S/C10H21F2N3O/c1-10(2,9(13)14-16)5-4-6-15(3)7-8(11)12/h8,16H,4-7H2,1-3H3,(H2,13,14). The monoisotopic (exact) mass is 237 g/mol. The van der Waals surface area contributed by atoms with Gasteiger partial charge < -0.3 is 15.8 Å². The Hall–Kier alpha value is -0.910. The first-order chi connectivity index (χ1) is 7.29. The molecule has 0 aromatic rings. The first-order valence-corrected chi connectivity index (χ1v) is 5.24. The molecule has 4 nitrogen and oxygen atoms in total. The van der Waals surface area contributed by atoms with Crippen molar-refractivity contribution in [1.82, 2.24) is 4.90 Å². The minimum Gasteiger partial charge on any atom is -0.409 e. The summed E-state index contributed by atoms with van der Waals surface area (Å²) in [5.41, 5.74) is 5.11. The molecule has 0 aliphatic carbocycles. The molecule has 16 heavy (non-hydrogen) atoms. The van der Waals surface area contributed by atoms with E-state index in [1.165, 1.54) is 0 Å². The summed E-state index contributed by atoms with van der Waals surface area (Å²) < 4.78 is 24.0. The van der Waals surface area contributed by atoms with Crippen LogP contribution < -0.4 is 5.73 Å². The molecule has 0 spiro atoms. The van der Waals surface area contributed by atoms with Crippen molar-refractivity contribution in [1.29, 1.82) is 0 Å². The van der Waals surface area contributed by atoms with Gasteiger partial charge in [0.2, 0.25) is 0 Å². The Kier molecular flexibility index (Phi) is 6.25. The lowest BCUT2D eigenvalue weighted by Crippen LogP contribution is -2.33. The molecule has 0 unspecified atom stereocenters. The number of hydrogen-bond donors (Lipinski definition) is 2. The highest BCUT2D eigenvalue weighted by atomic mass is 19.3. The fourth-order valence-corrected chi connectivity index (χ4v) is 1.38. The Labute approximate surface area is 95.1 Å². The van der Waals surface area contributed by atoms with Crippen LogP contribution in [0.25, 0.3) is 0 Å². The van der Waals surface area contributed by atoms with Gasteiger partial charge in [0.05, 0.1) is 6.54 Å². The molecule has 3 N–H and O–H groups in total. The Morgan fingerprint density at radius 2 is 2.06 bits per heavy atom. The number of halogens is 2. The minimum atomic E-state index is -2.30. The van der Waals surface area contributed by atoms with Crippen LogP contribution in [-0.4, -0.2) is 42.5 Å². The molecular weight excluding hydrogens is 216 g/mol. The number of alkyl halides is 2. The number of rotatable bonds is 7. The number of hydrogen-bond acceptors (Lipinski definition) is 3. The zero-order chi connectivity index (χ0) is 12.8. The van der Waals surface area contributed by atoms with Crippen molar-refractivity contribution in [2.75, 3.05) is 20.1 Å². The van der Waals surface area contributed by atoms with Gasteiger partial charge >= 0.3 is 0 Å². The highest BCUT2D eigenvalue weighted by Gasteiger charge is 2.23. The van der Waals surface area contributed by atoms with E-state index in [0.717, 1.165) is 6.42 Å². The predicted octanol–water partition coefficient (Wildman–Crippen LogP) is 1.74. The van der Waals surface area contributed by atoms with Gasteiger partial charge in [0.1, 0.15) is 5.84 Å². The number of amidine groups is 1. The average molecular weight is 237 g/mol. The molecule has 0 atom stereocenters. The van der Waals surface area contributed by atoms with Crippen molar-refractivity contribution in [3.05, 3.63) is 0 Å². The van der Waals surface area contributed by atoms with Crippen LogP contribution in [0.5, 0.6) is 0 Å². The van der Waals surface area contributed by atoms with Crippen LogP contribution in [0.3, 0.4) is 0 Å². The minimum absolute atomic E-state index is 0.170. The second-order valence-corrected chi connectivity index (χ2v) is 4.63. The smallest absolute Gasteiger partial charge is 0.251 e. The zero-order valence-electron chi connectivity index (χ0n) is 10.1. The van der Waals surface area contributed by atoms with E-state index in [0.29, 0.717) is 13.0 Å². The fourth-order valence-electron chi connectivity index (χ4n) is 1.38. The Morgan fingerprint density at radius 3 is 2.50 bits per heavy atom.